The highest BCUT2D eigenvalue weighted by atomic mass is 79.9. The van der Waals surface area contributed by atoms with Crippen molar-refractivity contribution < 1.29 is 19.4 Å². The van der Waals surface area contributed by atoms with Gasteiger partial charge in [-0.25, -0.2) is 4.79 Å². The predicted molar refractivity (Wildman–Crippen MR) is 108 cm³/mol. The highest BCUT2D eigenvalue weighted by molar-refractivity contribution is 9.13. The number of carbonyl (C=O) groups excluding carboxylic acids is 1. The van der Waals surface area contributed by atoms with Crippen LogP contribution in [0.3, 0.4) is 0 Å². The van der Waals surface area contributed by atoms with Crippen LogP contribution in [0.4, 0.5) is 0 Å². The van der Waals surface area contributed by atoms with Crippen molar-refractivity contribution in [2.75, 3.05) is 13.7 Å². The lowest BCUT2D eigenvalue weighted by atomic mass is 10.1. The zero-order valence-corrected chi connectivity index (χ0v) is 17.6. The molecule has 0 bridgehead atoms. The molecule has 0 saturated carbocycles. The third-order valence-corrected chi connectivity index (χ3v) is 6.22. The number of halogens is 2. The van der Waals surface area contributed by atoms with Gasteiger partial charge in [-0.2, -0.15) is 0 Å². The molecule has 0 amide bonds. The van der Waals surface area contributed by atoms with Crippen molar-refractivity contribution in [2.45, 2.75) is 13.8 Å². The molecular weight excluding hydrogens is 466 g/mol. The normalized spacial score (nSPS) is 11.0. The summed E-state index contributed by atoms with van der Waals surface area (Å²) in [6.45, 7) is 3.81. The van der Waals surface area contributed by atoms with Crippen molar-refractivity contribution in [2.24, 2.45) is 0 Å². The zero-order chi connectivity index (χ0) is 19.0. The van der Waals surface area contributed by atoms with E-state index in [-0.39, 0.29) is 18.1 Å². The number of hydrogen-bond donors (Lipinski definition) is 1. The minimum Gasteiger partial charge on any atom is -0.504 e. The standard InChI is InChI=1S/C19H17Br2NO4/c1-4-26-19(24)12-10(2)22(11-8-6-5-7-9-11)16-13(12)17(23)18(25-3)15(21)14(16)20/h5-9,23H,4H2,1-3H3. The van der Waals surface area contributed by atoms with Gasteiger partial charge in [0.25, 0.3) is 0 Å². The maximum Gasteiger partial charge on any atom is 0.340 e. The van der Waals surface area contributed by atoms with Gasteiger partial charge < -0.3 is 19.1 Å². The lowest BCUT2D eigenvalue weighted by Crippen LogP contribution is -2.07. The fourth-order valence-corrected chi connectivity index (χ4v) is 4.18. The third-order valence-electron chi connectivity index (χ3n) is 4.16. The van der Waals surface area contributed by atoms with Gasteiger partial charge in [-0.3, -0.25) is 0 Å². The molecule has 26 heavy (non-hydrogen) atoms. The lowest BCUT2D eigenvalue weighted by Gasteiger charge is -2.13. The first kappa shape index (κ1) is 18.8. The first-order valence-electron chi connectivity index (χ1n) is 7.95. The van der Waals surface area contributed by atoms with Gasteiger partial charge in [0.1, 0.15) is 0 Å². The smallest absolute Gasteiger partial charge is 0.340 e. The van der Waals surface area contributed by atoms with Crippen LogP contribution in [0.15, 0.2) is 39.3 Å². The summed E-state index contributed by atoms with van der Waals surface area (Å²) in [7, 11) is 1.46. The van der Waals surface area contributed by atoms with E-state index in [2.05, 4.69) is 31.9 Å². The molecule has 0 aliphatic carbocycles. The first-order chi connectivity index (χ1) is 12.4. The number of carbonyl (C=O) groups is 1. The van der Waals surface area contributed by atoms with Gasteiger partial charge in [0.05, 0.1) is 39.1 Å². The van der Waals surface area contributed by atoms with Crippen molar-refractivity contribution in [3.8, 4) is 17.2 Å². The molecule has 1 aromatic heterocycles. The van der Waals surface area contributed by atoms with E-state index >= 15 is 0 Å². The van der Waals surface area contributed by atoms with Crippen LogP contribution in [0, 0.1) is 6.92 Å². The molecule has 0 atom stereocenters. The number of benzene rings is 2. The Morgan fingerprint density at radius 2 is 1.85 bits per heavy atom. The number of hydrogen-bond acceptors (Lipinski definition) is 4. The highest BCUT2D eigenvalue weighted by Gasteiger charge is 2.29. The molecule has 0 radical (unpaired) electrons. The van der Waals surface area contributed by atoms with Gasteiger partial charge in [0, 0.05) is 11.4 Å². The fourth-order valence-electron chi connectivity index (χ4n) is 3.09. The van der Waals surface area contributed by atoms with Crippen molar-refractivity contribution in [3.05, 3.63) is 50.5 Å². The Balaban J connectivity index is 2.53. The first-order valence-corrected chi connectivity index (χ1v) is 9.54. The molecule has 0 saturated heterocycles. The highest BCUT2D eigenvalue weighted by Crippen LogP contribution is 2.49. The summed E-state index contributed by atoms with van der Waals surface area (Å²) in [5.74, 6) is -0.352. The summed E-state index contributed by atoms with van der Waals surface area (Å²) in [6, 6.07) is 9.61. The van der Waals surface area contributed by atoms with Crippen LogP contribution in [0.25, 0.3) is 16.6 Å². The number of ether oxygens (including phenoxy) is 2. The third kappa shape index (κ3) is 2.79. The lowest BCUT2D eigenvalue weighted by molar-refractivity contribution is 0.0527. The second-order valence-electron chi connectivity index (χ2n) is 5.59. The fraction of sp³-hybridized carbons (Fsp3) is 0.211. The van der Waals surface area contributed by atoms with E-state index in [1.807, 2.05) is 41.8 Å². The largest absolute Gasteiger partial charge is 0.504 e. The number of phenols is 1. The number of esters is 1. The van der Waals surface area contributed by atoms with Gasteiger partial charge in [-0.05, 0) is 57.8 Å². The van der Waals surface area contributed by atoms with Crippen LogP contribution in [0.1, 0.15) is 23.0 Å². The van der Waals surface area contributed by atoms with E-state index in [0.717, 1.165) is 5.69 Å². The molecule has 1 N–H and O–H groups in total. The summed E-state index contributed by atoms with van der Waals surface area (Å²) < 4.78 is 13.7. The molecule has 1 heterocycles. The number of nitrogens with zero attached hydrogens (tertiary/aromatic N) is 1. The van der Waals surface area contributed by atoms with Gasteiger partial charge in [0.15, 0.2) is 11.5 Å². The van der Waals surface area contributed by atoms with E-state index in [1.165, 1.54) is 7.11 Å². The van der Waals surface area contributed by atoms with Gasteiger partial charge >= 0.3 is 5.97 Å². The summed E-state index contributed by atoms with van der Waals surface area (Å²) in [5, 5.41) is 11.2. The Morgan fingerprint density at radius 3 is 2.42 bits per heavy atom. The summed E-state index contributed by atoms with van der Waals surface area (Å²) >= 11 is 7.04. The van der Waals surface area contributed by atoms with Crippen molar-refractivity contribution in [3.63, 3.8) is 0 Å². The van der Waals surface area contributed by atoms with E-state index in [1.54, 1.807) is 6.92 Å². The van der Waals surface area contributed by atoms with Crippen LogP contribution >= 0.6 is 31.9 Å². The number of aromatic nitrogens is 1. The number of fused-ring (bicyclic) bond motifs is 1. The van der Waals surface area contributed by atoms with Crippen molar-refractivity contribution >= 4 is 48.7 Å². The minimum atomic E-state index is -0.490. The van der Waals surface area contributed by atoms with Crippen LogP contribution in [-0.4, -0.2) is 29.4 Å². The molecule has 0 spiro atoms. The van der Waals surface area contributed by atoms with E-state index in [9.17, 15) is 9.90 Å². The number of rotatable bonds is 4. The molecular formula is C19H17Br2NO4. The summed E-state index contributed by atoms with van der Waals surface area (Å²) in [6.07, 6.45) is 0. The molecule has 5 nitrogen and oxygen atoms in total. The Hall–Kier alpha value is -1.99. The molecule has 136 valence electrons. The second kappa shape index (κ2) is 7.32. The Labute approximate surface area is 167 Å². The van der Waals surface area contributed by atoms with Crippen LogP contribution in [0.5, 0.6) is 11.5 Å². The monoisotopic (exact) mass is 481 g/mol. The van der Waals surface area contributed by atoms with Crippen LogP contribution < -0.4 is 4.74 Å². The molecule has 7 heteroatoms. The van der Waals surface area contributed by atoms with E-state index in [0.29, 0.717) is 31.1 Å². The van der Waals surface area contributed by atoms with Crippen molar-refractivity contribution in [1.82, 2.24) is 4.57 Å². The predicted octanol–water partition coefficient (Wildman–Crippen LogP) is 5.35. The Bertz CT molecular complexity index is 996. The SMILES string of the molecule is CCOC(=O)c1c(C)n(-c2ccccc2)c2c(Br)c(Br)c(OC)c(O)c12. The number of phenolic OH excluding ortho intramolecular Hbond substituents is 1. The molecule has 0 aliphatic heterocycles. The summed E-state index contributed by atoms with van der Waals surface area (Å²) in [4.78, 5) is 12.7. The second-order valence-corrected chi connectivity index (χ2v) is 7.17. The van der Waals surface area contributed by atoms with Crippen LogP contribution in [-0.2, 0) is 4.74 Å². The quantitative estimate of drug-likeness (QED) is 0.509. The average molecular weight is 483 g/mol. The van der Waals surface area contributed by atoms with Gasteiger partial charge in [-0.1, -0.05) is 18.2 Å². The van der Waals surface area contributed by atoms with Gasteiger partial charge in [0.2, 0.25) is 0 Å². The molecule has 0 aliphatic rings. The van der Waals surface area contributed by atoms with Gasteiger partial charge in [-0.15, -0.1) is 0 Å². The Kier molecular flexibility index (Phi) is 5.29. The minimum absolute atomic E-state index is 0.113. The summed E-state index contributed by atoms with van der Waals surface area (Å²) in [5.41, 5.74) is 2.50. The van der Waals surface area contributed by atoms with E-state index < -0.39 is 5.97 Å². The zero-order valence-electron chi connectivity index (χ0n) is 14.5. The number of methoxy groups -OCH3 is 1. The van der Waals surface area contributed by atoms with Crippen molar-refractivity contribution in [1.29, 1.82) is 0 Å². The van der Waals surface area contributed by atoms with E-state index in [4.69, 9.17) is 9.47 Å². The molecule has 3 aromatic rings. The maximum absolute atomic E-state index is 12.7. The topological polar surface area (TPSA) is 60.7 Å². The number of para-hydroxylation sites is 1. The Morgan fingerprint density at radius 1 is 1.19 bits per heavy atom. The molecule has 0 unspecified atom stereocenters. The molecule has 0 fully saturated rings. The molecule has 3 rings (SSSR count). The number of aromatic hydroxyl groups is 1. The van der Waals surface area contributed by atoms with Crippen LogP contribution in [0.2, 0.25) is 0 Å². The molecule has 2 aromatic carbocycles. The maximum atomic E-state index is 12.7. The average Bonchev–Trinajstić information content (AvgIpc) is 2.94.